The number of nitrogens with one attached hydrogen (secondary N) is 1. The third-order valence-corrected chi connectivity index (χ3v) is 6.88. The zero-order chi connectivity index (χ0) is 22.2. The topological polar surface area (TPSA) is 63.3 Å². The number of carbonyl (C=O) groups excluding carboxylic acids is 1. The molecule has 2 fully saturated rings. The van der Waals surface area contributed by atoms with Crippen LogP contribution in [0.5, 0.6) is 23.0 Å². The molecule has 2 atom stereocenters. The number of amides is 1. The number of fused-ring (bicyclic) bond motifs is 4. The fourth-order valence-corrected chi connectivity index (χ4v) is 5.31. The van der Waals surface area contributed by atoms with Gasteiger partial charge in [-0.05, 0) is 63.8 Å². The standard InChI is InChI=1S/C25H31N3O4/c1-4-27(5-2)25(29)31-19-11-12-20-23(15-19)32-24-21(7-6-8-22(24)30-3)28(20)18-13-16-9-10-17(14-18)26-16/h6-8,11-12,15-18,26H,4-5,9-10,13-14H2,1-3H3. The van der Waals surface area contributed by atoms with Crippen molar-refractivity contribution in [2.24, 2.45) is 0 Å². The molecule has 2 bridgehead atoms. The van der Waals surface area contributed by atoms with Crippen LogP contribution in [0, 0.1) is 0 Å². The monoisotopic (exact) mass is 437 g/mol. The summed E-state index contributed by atoms with van der Waals surface area (Å²) in [5.41, 5.74) is 2.02. The SMILES string of the molecule is CCN(CC)C(=O)Oc1ccc2c(c1)Oc1c(OC)cccc1N2C1CC2CCC(C1)N2. The molecule has 2 unspecified atom stereocenters. The Morgan fingerprint density at radius 3 is 2.56 bits per heavy atom. The van der Waals surface area contributed by atoms with E-state index in [0.717, 1.165) is 24.2 Å². The average Bonchev–Trinajstić information content (AvgIpc) is 3.15. The van der Waals surface area contributed by atoms with Crippen LogP contribution in [0.4, 0.5) is 16.2 Å². The van der Waals surface area contributed by atoms with Crippen LogP contribution in [0.3, 0.4) is 0 Å². The van der Waals surface area contributed by atoms with Crippen molar-refractivity contribution in [2.75, 3.05) is 25.1 Å². The maximum Gasteiger partial charge on any atom is 0.415 e. The summed E-state index contributed by atoms with van der Waals surface area (Å²) < 4.78 is 17.6. The second-order valence-corrected chi connectivity index (χ2v) is 8.71. The summed E-state index contributed by atoms with van der Waals surface area (Å²) in [5.74, 6) is 2.56. The van der Waals surface area contributed by atoms with Gasteiger partial charge in [-0.15, -0.1) is 0 Å². The first-order valence-corrected chi connectivity index (χ1v) is 11.6. The summed E-state index contributed by atoms with van der Waals surface area (Å²) in [7, 11) is 1.66. The van der Waals surface area contributed by atoms with Crippen molar-refractivity contribution in [1.29, 1.82) is 0 Å². The Morgan fingerprint density at radius 2 is 1.88 bits per heavy atom. The van der Waals surface area contributed by atoms with Crippen molar-refractivity contribution in [2.45, 2.75) is 57.7 Å². The highest BCUT2D eigenvalue weighted by Gasteiger charge is 2.40. The summed E-state index contributed by atoms with van der Waals surface area (Å²) >= 11 is 0. The van der Waals surface area contributed by atoms with Gasteiger partial charge in [0.1, 0.15) is 5.75 Å². The van der Waals surface area contributed by atoms with Gasteiger partial charge >= 0.3 is 6.09 Å². The lowest BCUT2D eigenvalue weighted by Crippen LogP contribution is -2.47. The van der Waals surface area contributed by atoms with Crippen LogP contribution >= 0.6 is 0 Å². The Labute approximate surface area is 189 Å². The van der Waals surface area contributed by atoms with Crippen LogP contribution in [-0.2, 0) is 0 Å². The van der Waals surface area contributed by atoms with Gasteiger partial charge in [0.05, 0.1) is 18.5 Å². The zero-order valence-corrected chi connectivity index (χ0v) is 19.0. The number of nitrogens with zero attached hydrogens (tertiary/aromatic N) is 2. The van der Waals surface area contributed by atoms with Crippen molar-refractivity contribution in [1.82, 2.24) is 10.2 Å². The second kappa shape index (κ2) is 8.54. The molecule has 2 aromatic carbocycles. The fourth-order valence-electron chi connectivity index (χ4n) is 5.31. The Hall–Kier alpha value is -2.93. The summed E-state index contributed by atoms with van der Waals surface area (Å²) in [4.78, 5) is 16.5. The van der Waals surface area contributed by atoms with E-state index in [1.165, 1.54) is 12.8 Å². The average molecular weight is 438 g/mol. The highest BCUT2D eigenvalue weighted by Crippen LogP contribution is 2.53. The molecular weight excluding hydrogens is 406 g/mol. The summed E-state index contributed by atoms with van der Waals surface area (Å²) in [6.07, 6.45) is 4.31. The van der Waals surface area contributed by atoms with Gasteiger partial charge in [0.15, 0.2) is 17.2 Å². The molecule has 1 amide bonds. The quantitative estimate of drug-likeness (QED) is 0.705. The van der Waals surface area contributed by atoms with E-state index >= 15 is 0 Å². The normalized spacial score (nSPS) is 23.1. The molecule has 0 aromatic heterocycles. The number of ether oxygens (including phenoxy) is 3. The molecule has 32 heavy (non-hydrogen) atoms. The molecule has 3 heterocycles. The molecule has 3 aliphatic heterocycles. The number of anilines is 2. The van der Waals surface area contributed by atoms with E-state index in [2.05, 4.69) is 16.3 Å². The third-order valence-electron chi connectivity index (χ3n) is 6.88. The van der Waals surface area contributed by atoms with Crippen LogP contribution in [0.1, 0.15) is 39.5 Å². The predicted octanol–water partition coefficient (Wildman–Crippen LogP) is 5.06. The third kappa shape index (κ3) is 3.64. The Morgan fingerprint density at radius 1 is 1.12 bits per heavy atom. The first-order chi connectivity index (χ1) is 15.6. The van der Waals surface area contributed by atoms with E-state index in [1.54, 1.807) is 12.0 Å². The van der Waals surface area contributed by atoms with Gasteiger partial charge in [0.25, 0.3) is 0 Å². The molecule has 0 aliphatic carbocycles. The number of carbonyl (C=O) groups is 1. The Kier molecular flexibility index (Phi) is 5.59. The summed E-state index contributed by atoms with van der Waals surface area (Å²) in [5, 5.41) is 3.74. The number of hydrogen-bond acceptors (Lipinski definition) is 6. The molecule has 2 saturated heterocycles. The first kappa shape index (κ1) is 20.9. The number of hydrogen-bond donors (Lipinski definition) is 1. The number of piperidine rings is 1. The molecule has 1 N–H and O–H groups in total. The summed E-state index contributed by atoms with van der Waals surface area (Å²) in [6.45, 7) is 5.09. The van der Waals surface area contributed by atoms with Gasteiger partial charge in [0, 0.05) is 37.3 Å². The van der Waals surface area contributed by atoms with Crippen molar-refractivity contribution in [3.8, 4) is 23.0 Å². The maximum absolute atomic E-state index is 12.5. The smallest absolute Gasteiger partial charge is 0.415 e. The van der Waals surface area contributed by atoms with Gasteiger partial charge in [0.2, 0.25) is 0 Å². The molecular formula is C25H31N3O4. The van der Waals surface area contributed by atoms with E-state index in [9.17, 15) is 4.79 Å². The van der Waals surface area contributed by atoms with E-state index in [0.29, 0.717) is 54.2 Å². The molecule has 7 heteroatoms. The fraction of sp³-hybridized carbons (Fsp3) is 0.480. The van der Waals surface area contributed by atoms with Crippen LogP contribution in [-0.4, -0.2) is 49.3 Å². The van der Waals surface area contributed by atoms with Crippen molar-refractivity contribution in [3.05, 3.63) is 36.4 Å². The lowest BCUT2D eigenvalue weighted by molar-refractivity contribution is 0.157. The highest BCUT2D eigenvalue weighted by atomic mass is 16.6. The predicted molar refractivity (Wildman–Crippen MR) is 124 cm³/mol. The first-order valence-electron chi connectivity index (χ1n) is 11.6. The van der Waals surface area contributed by atoms with Gasteiger partial charge in [-0.1, -0.05) is 6.07 Å². The molecule has 0 radical (unpaired) electrons. The van der Waals surface area contributed by atoms with E-state index in [1.807, 2.05) is 44.2 Å². The van der Waals surface area contributed by atoms with Crippen LogP contribution in [0.2, 0.25) is 0 Å². The lowest BCUT2D eigenvalue weighted by Gasteiger charge is -2.42. The molecule has 0 saturated carbocycles. The van der Waals surface area contributed by atoms with Crippen LogP contribution < -0.4 is 24.4 Å². The van der Waals surface area contributed by atoms with E-state index < -0.39 is 0 Å². The minimum absolute atomic E-state index is 0.351. The lowest BCUT2D eigenvalue weighted by atomic mass is 9.96. The molecule has 2 aromatic rings. The number of rotatable bonds is 5. The van der Waals surface area contributed by atoms with Gasteiger partial charge in [-0.25, -0.2) is 4.79 Å². The van der Waals surface area contributed by atoms with Crippen molar-refractivity contribution >= 4 is 17.5 Å². The molecule has 0 spiro atoms. The van der Waals surface area contributed by atoms with Crippen molar-refractivity contribution < 1.29 is 19.0 Å². The van der Waals surface area contributed by atoms with E-state index in [-0.39, 0.29) is 6.09 Å². The van der Waals surface area contributed by atoms with Crippen molar-refractivity contribution in [3.63, 3.8) is 0 Å². The van der Waals surface area contributed by atoms with Gasteiger partial charge in [-0.2, -0.15) is 0 Å². The van der Waals surface area contributed by atoms with Crippen LogP contribution in [0.25, 0.3) is 0 Å². The Balaban J connectivity index is 1.52. The van der Waals surface area contributed by atoms with Crippen LogP contribution in [0.15, 0.2) is 36.4 Å². The zero-order valence-electron chi connectivity index (χ0n) is 19.0. The number of benzene rings is 2. The van der Waals surface area contributed by atoms with E-state index in [4.69, 9.17) is 14.2 Å². The molecule has 170 valence electrons. The molecule has 7 nitrogen and oxygen atoms in total. The minimum atomic E-state index is -0.351. The number of methoxy groups -OCH3 is 1. The highest BCUT2D eigenvalue weighted by molar-refractivity contribution is 5.82. The molecule has 3 aliphatic rings. The number of para-hydroxylation sites is 1. The largest absolute Gasteiger partial charge is 0.493 e. The Bertz CT molecular complexity index is 995. The minimum Gasteiger partial charge on any atom is -0.493 e. The van der Waals surface area contributed by atoms with Gasteiger partial charge in [-0.3, -0.25) is 0 Å². The summed E-state index contributed by atoms with van der Waals surface area (Å²) in [6, 6.07) is 13.2. The maximum atomic E-state index is 12.5. The molecule has 5 rings (SSSR count). The second-order valence-electron chi connectivity index (χ2n) is 8.71. The van der Waals surface area contributed by atoms with Gasteiger partial charge < -0.3 is 29.3 Å².